The van der Waals surface area contributed by atoms with Crippen LogP contribution in [-0.4, -0.2) is 26.5 Å². The Bertz CT molecular complexity index is 475. The van der Waals surface area contributed by atoms with E-state index in [-0.39, 0.29) is 5.75 Å². The zero-order chi connectivity index (χ0) is 14.1. The smallest absolute Gasteiger partial charge is 0.212 e. The Kier molecular flexibility index (Phi) is 7.27. The molecule has 0 aliphatic carbocycles. The number of anilines is 1. The van der Waals surface area contributed by atoms with E-state index in [0.717, 1.165) is 24.2 Å². The maximum absolute atomic E-state index is 11.7. The van der Waals surface area contributed by atoms with Gasteiger partial charge in [0.2, 0.25) is 10.0 Å². The van der Waals surface area contributed by atoms with Crippen molar-refractivity contribution in [3.05, 3.63) is 24.3 Å². The molecule has 1 aromatic rings. The molecule has 0 atom stereocenters. The third-order valence-electron chi connectivity index (χ3n) is 2.58. The number of sulfonamides is 1. The number of hydrogen-bond acceptors (Lipinski definition) is 4. The first kappa shape index (κ1) is 16.3. The predicted molar refractivity (Wildman–Crippen MR) is 82.9 cm³/mol. The van der Waals surface area contributed by atoms with E-state index in [1.54, 1.807) is 0 Å². The molecule has 1 aromatic carbocycles. The Morgan fingerprint density at radius 1 is 1.32 bits per heavy atom. The van der Waals surface area contributed by atoms with E-state index >= 15 is 0 Å². The lowest BCUT2D eigenvalue weighted by molar-refractivity contribution is 0.577. The maximum Gasteiger partial charge on any atom is 0.212 e. The molecule has 0 radical (unpaired) electrons. The molecule has 0 bridgehead atoms. The maximum atomic E-state index is 11.7. The highest BCUT2D eigenvalue weighted by atomic mass is 32.2. The van der Waals surface area contributed by atoms with Gasteiger partial charge in [0.1, 0.15) is 0 Å². The van der Waals surface area contributed by atoms with Gasteiger partial charge in [-0.15, -0.1) is 11.8 Å². The summed E-state index contributed by atoms with van der Waals surface area (Å²) in [5, 5.41) is 0. The summed E-state index contributed by atoms with van der Waals surface area (Å²) in [5.74, 6) is 0.672. The van der Waals surface area contributed by atoms with Gasteiger partial charge >= 0.3 is 0 Å². The molecule has 0 amide bonds. The Balaban J connectivity index is 2.27. The van der Waals surface area contributed by atoms with Crippen LogP contribution in [0.15, 0.2) is 29.2 Å². The normalized spacial score (nSPS) is 11.6. The Labute approximate surface area is 120 Å². The topological polar surface area (TPSA) is 72.2 Å². The van der Waals surface area contributed by atoms with E-state index in [1.807, 2.05) is 24.3 Å². The zero-order valence-electron chi connectivity index (χ0n) is 11.3. The molecule has 0 aliphatic rings. The van der Waals surface area contributed by atoms with E-state index in [0.29, 0.717) is 18.0 Å². The average Bonchev–Trinajstić information content (AvgIpc) is 2.35. The highest BCUT2D eigenvalue weighted by Gasteiger charge is 2.09. The van der Waals surface area contributed by atoms with E-state index < -0.39 is 10.0 Å². The van der Waals surface area contributed by atoms with Crippen LogP contribution in [0, 0.1) is 0 Å². The Hall–Kier alpha value is -0.720. The molecule has 108 valence electrons. The van der Waals surface area contributed by atoms with Gasteiger partial charge in [0, 0.05) is 22.9 Å². The van der Waals surface area contributed by atoms with Crippen molar-refractivity contribution in [2.24, 2.45) is 0 Å². The summed E-state index contributed by atoms with van der Waals surface area (Å²) in [6, 6.07) is 7.47. The van der Waals surface area contributed by atoms with E-state index in [4.69, 9.17) is 5.73 Å². The molecule has 3 N–H and O–H groups in total. The quantitative estimate of drug-likeness (QED) is 0.417. The van der Waals surface area contributed by atoms with Crippen molar-refractivity contribution in [3.63, 3.8) is 0 Å². The van der Waals surface area contributed by atoms with Crippen molar-refractivity contribution in [2.75, 3.05) is 23.8 Å². The van der Waals surface area contributed by atoms with Crippen LogP contribution < -0.4 is 10.5 Å². The molecule has 4 nitrogen and oxygen atoms in total. The van der Waals surface area contributed by atoms with E-state index in [1.165, 1.54) is 11.8 Å². The second-order valence-corrected chi connectivity index (χ2v) is 7.44. The molecule has 0 aromatic heterocycles. The van der Waals surface area contributed by atoms with Crippen molar-refractivity contribution >= 4 is 27.5 Å². The standard InChI is InChI=1S/C13H22N2O2S2/c1-2-3-4-8-15-19(16,17)10-9-18-13-7-5-6-12(14)11-13/h5-7,11,15H,2-4,8-10,14H2,1H3. The number of benzene rings is 1. The van der Waals surface area contributed by atoms with Gasteiger partial charge < -0.3 is 5.73 Å². The third kappa shape index (κ3) is 7.44. The second kappa shape index (κ2) is 8.45. The lowest BCUT2D eigenvalue weighted by atomic mass is 10.3. The lowest BCUT2D eigenvalue weighted by Crippen LogP contribution is -2.28. The molecule has 0 heterocycles. The first-order valence-corrected chi connectivity index (χ1v) is 9.13. The summed E-state index contributed by atoms with van der Waals surface area (Å²) in [5.41, 5.74) is 6.37. The largest absolute Gasteiger partial charge is 0.399 e. The van der Waals surface area contributed by atoms with Gasteiger partial charge in [0.15, 0.2) is 0 Å². The summed E-state index contributed by atoms with van der Waals surface area (Å²) in [6.45, 7) is 2.63. The van der Waals surface area contributed by atoms with Crippen LogP contribution in [0.5, 0.6) is 0 Å². The minimum atomic E-state index is -3.14. The summed E-state index contributed by atoms with van der Waals surface area (Å²) in [4.78, 5) is 1.00. The zero-order valence-corrected chi connectivity index (χ0v) is 12.9. The van der Waals surface area contributed by atoms with Crippen LogP contribution in [0.3, 0.4) is 0 Å². The van der Waals surface area contributed by atoms with Gasteiger partial charge in [-0.3, -0.25) is 0 Å². The number of nitrogens with two attached hydrogens (primary N) is 1. The third-order valence-corrected chi connectivity index (χ3v) is 5.22. The van der Waals surface area contributed by atoms with Gasteiger partial charge in [0.05, 0.1) is 5.75 Å². The van der Waals surface area contributed by atoms with Crippen LogP contribution >= 0.6 is 11.8 Å². The first-order valence-electron chi connectivity index (χ1n) is 6.49. The fraction of sp³-hybridized carbons (Fsp3) is 0.538. The van der Waals surface area contributed by atoms with Crippen molar-refractivity contribution in [3.8, 4) is 0 Å². The monoisotopic (exact) mass is 302 g/mol. The number of nitrogen functional groups attached to an aromatic ring is 1. The summed E-state index contributed by atoms with van der Waals surface area (Å²) in [6.07, 6.45) is 3.05. The molecule has 1 rings (SSSR count). The minimum Gasteiger partial charge on any atom is -0.399 e. The highest BCUT2D eigenvalue weighted by Crippen LogP contribution is 2.20. The molecule has 0 fully saturated rings. The fourth-order valence-electron chi connectivity index (χ4n) is 1.55. The number of hydrogen-bond donors (Lipinski definition) is 2. The molecule has 0 spiro atoms. The molecule has 0 saturated heterocycles. The van der Waals surface area contributed by atoms with Crippen molar-refractivity contribution in [1.82, 2.24) is 4.72 Å². The van der Waals surface area contributed by atoms with Crippen LogP contribution in [0.25, 0.3) is 0 Å². The summed E-state index contributed by atoms with van der Waals surface area (Å²) in [7, 11) is -3.14. The second-order valence-electron chi connectivity index (χ2n) is 4.34. The number of nitrogens with one attached hydrogen (secondary N) is 1. The minimum absolute atomic E-state index is 0.137. The van der Waals surface area contributed by atoms with Crippen LogP contribution in [-0.2, 0) is 10.0 Å². The van der Waals surface area contributed by atoms with Gasteiger partial charge in [0.25, 0.3) is 0 Å². The molecule has 6 heteroatoms. The highest BCUT2D eigenvalue weighted by molar-refractivity contribution is 8.00. The number of rotatable bonds is 9. The van der Waals surface area contributed by atoms with Crippen LogP contribution in [0.1, 0.15) is 26.2 Å². The van der Waals surface area contributed by atoms with Gasteiger partial charge in [-0.05, 0) is 24.6 Å². The summed E-state index contributed by atoms with van der Waals surface area (Å²) < 4.78 is 26.0. The van der Waals surface area contributed by atoms with Crippen molar-refractivity contribution < 1.29 is 8.42 Å². The van der Waals surface area contributed by atoms with Gasteiger partial charge in [-0.25, -0.2) is 13.1 Å². The Morgan fingerprint density at radius 2 is 2.11 bits per heavy atom. The van der Waals surface area contributed by atoms with E-state index in [9.17, 15) is 8.42 Å². The van der Waals surface area contributed by atoms with Crippen molar-refractivity contribution in [2.45, 2.75) is 31.1 Å². The summed E-state index contributed by atoms with van der Waals surface area (Å²) >= 11 is 1.51. The molecule has 19 heavy (non-hydrogen) atoms. The van der Waals surface area contributed by atoms with Crippen LogP contribution in [0.2, 0.25) is 0 Å². The fourth-order valence-corrected chi connectivity index (χ4v) is 3.99. The SMILES string of the molecule is CCCCCNS(=O)(=O)CCSc1cccc(N)c1. The predicted octanol–water partition coefficient (Wildman–Crippen LogP) is 2.47. The molecular formula is C13H22N2O2S2. The molecular weight excluding hydrogens is 280 g/mol. The molecule has 0 saturated carbocycles. The Morgan fingerprint density at radius 3 is 2.79 bits per heavy atom. The lowest BCUT2D eigenvalue weighted by Gasteiger charge is -2.06. The van der Waals surface area contributed by atoms with Crippen LogP contribution in [0.4, 0.5) is 5.69 Å². The van der Waals surface area contributed by atoms with E-state index in [2.05, 4.69) is 11.6 Å². The number of unbranched alkanes of at least 4 members (excludes halogenated alkanes) is 2. The molecule has 0 aliphatic heterocycles. The van der Waals surface area contributed by atoms with Gasteiger partial charge in [-0.2, -0.15) is 0 Å². The van der Waals surface area contributed by atoms with Crippen molar-refractivity contribution in [1.29, 1.82) is 0 Å². The van der Waals surface area contributed by atoms with Gasteiger partial charge in [-0.1, -0.05) is 25.8 Å². The number of thioether (sulfide) groups is 1. The average molecular weight is 302 g/mol. The first-order chi connectivity index (χ1) is 9.03. The molecule has 0 unspecified atom stereocenters.